The number of β-amino-alcohol motifs (C(OH)–C–C–N with tert-alkyl or cyclic N) is 1. The van der Waals surface area contributed by atoms with Crippen LogP contribution >= 0.6 is 0 Å². The van der Waals surface area contributed by atoms with Crippen LogP contribution in [-0.4, -0.2) is 58.9 Å². The van der Waals surface area contributed by atoms with Crippen LogP contribution in [0, 0.1) is 5.92 Å². The summed E-state index contributed by atoms with van der Waals surface area (Å²) >= 11 is 0. The van der Waals surface area contributed by atoms with Gasteiger partial charge in [0, 0.05) is 19.5 Å². The maximum absolute atomic E-state index is 12.5. The van der Waals surface area contributed by atoms with Crippen LogP contribution in [-0.2, 0) is 11.2 Å². The summed E-state index contributed by atoms with van der Waals surface area (Å²) in [6.45, 7) is 5.95. The molecule has 0 saturated carbocycles. The summed E-state index contributed by atoms with van der Waals surface area (Å²) in [4.78, 5) is 14.1. The Kier molecular flexibility index (Phi) is 6.78. The van der Waals surface area contributed by atoms with Crippen LogP contribution in [0.25, 0.3) is 0 Å². The van der Waals surface area contributed by atoms with E-state index in [2.05, 4.69) is 19.2 Å². The Morgan fingerprint density at radius 2 is 2.08 bits per heavy atom. The molecule has 1 saturated heterocycles. The number of aliphatic hydroxyl groups excluding tert-OH is 1. The van der Waals surface area contributed by atoms with Crippen LogP contribution in [0.5, 0.6) is 0 Å². The summed E-state index contributed by atoms with van der Waals surface area (Å²) in [6.07, 6.45) is 0.741. The molecule has 5 nitrogen and oxygen atoms in total. The summed E-state index contributed by atoms with van der Waals surface area (Å²) in [5.41, 5.74) is -0.132. The Labute approximate surface area is 144 Å². The zero-order valence-electron chi connectivity index (χ0n) is 14.7. The van der Waals surface area contributed by atoms with E-state index in [0.29, 0.717) is 38.3 Å². The van der Waals surface area contributed by atoms with Gasteiger partial charge in [0.25, 0.3) is 0 Å². The summed E-state index contributed by atoms with van der Waals surface area (Å²) in [7, 11) is 0. The Morgan fingerprint density at radius 1 is 1.38 bits per heavy atom. The van der Waals surface area contributed by atoms with Crippen LogP contribution in [0.2, 0.25) is 0 Å². The van der Waals surface area contributed by atoms with Crippen LogP contribution in [0.15, 0.2) is 30.3 Å². The molecule has 0 spiro atoms. The Balaban J connectivity index is 1.87. The van der Waals surface area contributed by atoms with Crippen molar-refractivity contribution in [3.63, 3.8) is 0 Å². The average Bonchev–Trinajstić information content (AvgIpc) is 2.56. The lowest BCUT2D eigenvalue weighted by molar-refractivity contribution is -0.151. The molecule has 1 heterocycles. The van der Waals surface area contributed by atoms with Crippen molar-refractivity contribution >= 4 is 5.91 Å². The highest BCUT2D eigenvalue weighted by Crippen LogP contribution is 2.22. The lowest BCUT2D eigenvalue weighted by Gasteiger charge is -2.43. The molecule has 134 valence electrons. The quantitative estimate of drug-likeness (QED) is 0.700. The first-order valence-electron chi connectivity index (χ1n) is 8.83. The monoisotopic (exact) mass is 334 g/mol. The standard InChI is InChI=1S/C19H30N2O3/c1-15(2)12-20-13-19(24)14-21(11-10-17(19)22)18(23)9-8-16-6-4-3-5-7-16/h3-7,15,17,20,22,24H,8-14H2,1-2H3/t17-,19+/m0/s1. The molecular formula is C19H30N2O3. The van der Waals surface area contributed by atoms with E-state index in [1.807, 2.05) is 30.3 Å². The molecule has 0 bridgehead atoms. The van der Waals surface area contributed by atoms with Gasteiger partial charge in [-0.1, -0.05) is 44.2 Å². The highest BCUT2D eigenvalue weighted by Gasteiger charge is 2.42. The number of aliphatic hydroxyl groups is 2. The fourth-order valence-electron chi connectivity index (χ4n) is 3.08. The van der Waals surface area contributed by atoms with Gasteiger partial charge in [-0.05, 0) is 30.9 Å². The molecule has 0 unspecified atom stereocenters. The molecular weight excluding hydrogens is 304 g/mol. The zero-order chi connectivity index (χ0) is 17.6. The molecule has 3 N–H and O–H groups in total. The van der Waals surface area contributed by atoms with Crippen molar-refractivity contribution < 1.29 is 15.0 Å². The van der Waals surface area contributed by atoms with Crippen molar-refractivity contribution in [3.05, 3.63) is 35.9 Å². The minimum absolute atomic E-state index is 0.0352. The van der Waals surface area contributed by atoms with Gasteiger partial charge in [-0.25, -0.2) is 0 Å². The smallest absolute Gasteiger partial charge is 0.223 e. The Bertz CT molecular complexity index is 521. The molecule has 2 rings (SSSR count). The van der Waals surface area contributed by atoms with Gasteiger partial charge < -0.3 is 20.4 Å². The van der Waals surface area contributed by atoms with Crippen molar-refractivity contribution in [1.82, 2.24) is 10.2 Å². The number of hydrogen-bond donors (Lipinski definition) is 3. The highest BCUT2D eigenvalue weighted by molar-refractivity contribution is 5.76. The number of benzene rings is 1. The second-order valence-corrected chi connectivity index (χ2v) is 7.23. The largest absolute Gasteiger partial charge is 0.390 e. The first kappa shape index (κ1) is 18.9. The number of piperidine rings is 1. The SMILES string of the molecule is CC(C)CNC[C@@]1(O)CN(C(=O)CCc2ccccc2)CC[C@@H]1O. The number of aryl methyl sites for hydroxylation is 1. The highest BCUT2D eigenvalue weighted by atomic mass is 16.3. The summed E-state index contributed by atoms with van der Waals surface area (Å²) in [6, 6.07) is 9.92. The van der Waals surface area contributed by atoms with Crippen LogP contribution in [0.1, 0.15) is 32.3 Å². The van der Waals surface area contributed by atoms with E-state index < -0.39 is 11.7 Å². The van der Waals surface area contributed by atoms with Gasteiger partial charge in [-0.15, -0.1) is 0 Å². The number of nitrogens with one attached hydrogen (secondary N) is 1. The molecule has 2 atom stereocenters. The first-order chi connectivity index (χ1) is 11.4. The fraction of sp³-hybridized carbons (Fsp3) is 0.632. The summed E-state index contributed by atoms with van der Waals surface area (Å²) in [5, 5.41) is 24.1. The van der Waals surface area contributed by atoms with E-state index in [9.17, 15) is 15.0 Å². The lowest BCUT2D eigenvalue weighted by atomic mass is 9.89. The molecule has 0 aromatic heterocycles. The van der Waals surface area contributed by atoms with Crippen LogP contribution in [0.4, 0.5) is 0 Å². The van der Waals surface area contributed by atoms with Gasteiger partial charge in [0.15, 0.2) is 0 Å². The Morgan fingerprint density at radius 3 is 2.75 bits per heavy atom. The van der Waals surface area contributed by atoms with E-state index in [4.69, 9.17) is 0 Å². The molecule has 24 heavy (non-hydrogen) atoms. The van der Waals surface area contributed by atoms with E-state index in [-0.39, 0.29) is 12.5 Å². The van der Waals surface area contributed by atoms with Crippen LogP contribution < -0.4 is 5.32 Å². The van der Waals surface area contributed by atoms with Gasteiger partial charge in [-0.3, -0.25) is 4.79 Å². The van der Waals surface area contributed by atoms with E-state index >= 15 is 0 Å². The second-order valence-electron chi connectivity index (χ2n) is 7.23. The van der Waals surface area contributed by atoms with Crippen molar-refractivity contribution in [2.45, 2.75) is 44.8 Å². The van der Waals surface area contributed by atoms with Crippen molar-refractivity contribution in [3.8, 4) is 0 Å². The van der Waals surface area contributed by atoms with Crippen LogP contribution in [0.3, 0.4) is 0 Å². The van der Waals surface area contributed by atoms with Crippen molar-refractivity contribution in [1.29, 1.82) is 0 Å². The number of amides is 1. The second kappa shape index (κ2) is 8.60. The number of carbonyl (C=O) groups excluding carboxylic acids is 1. The number of likely N-dealkylation sites (tertiary alicyclic amines) is 1. The predicted octanol–water partition coefficient (Wildman–Crippen LogP) is 1.19. The molecule has 1 aliphatic rings. The molecule has 0 radical (unpaired) electrons. The molecule has 1 aliphatic heterocycles. The van der Waals surface area contributed by atoms with Gasteiger partial charge >= 0.3 is 0 Å². The predicted molar refractivity (Wildman–Crippen MR) is 94.6 cm³/mol. The average molecular weight is 334 g/mol. The maximum atomic E-state index is 12.5. The molecule has 1 fully saturated rings. The third-order valence-corrected chi connectivity index (χ3v) is 4.56. The number of rotatable bonds is 7. The fourth-order valence-corrected chi connectivity index (χ4v) is 3.08. The zero-order valence-corrected chi connectivity index (χ0v) is 14.7. The van der Waals surface area contributed by atoms with E-state index in [1.54, 1.807) is 4.90 Å². The van der Waals surface area contributed by atoms with Crippen molar-refractivity contribution in [2.24, 2.45) is 5.92 Å². The molecule has 1 aromatic carbocycles. The summed E-state index contributed by atoms with van der Waals surface area (Å²) in [5.74, 6) is 0.506. The maximum Gasteiger partial charge on any atom is 0.223 e. The van der Waals surface area contributed by atoms with Gasteiger partial charge in [-0.2, -0.15) is 0 Å². The molecule has 1 amide bonds. The third kappa shape index (κ3) is 5.30. The Hall–Kier alpha value is -1.43. The van der Waals surface area contributed by atoms with Crippen molar-refractivity contribution in [2.75, 3.05) is 26.2 Å². The number of hydrogen-bond acceptors (Lipinski definition) is 4. The molecule has 5 heteroatoms. The third-order valence-electron chi connectivity index (χ3n) is 4.56. The van der Waals surface area contributed by atoms with Gasteiger partial charge in [0.05, 0.1) is 12.6 Å². The van der Waals surface area contributed by atoms with Gasteiger partial charge in [0.1, 0.15) is 5.60 Å². The minimum Gasteiger partial charge on any atom is -0.390 e. The topological polar surface area (TPSA) is 72.8 Å². The normalized spacial score (nSPS) is 24.4. The van der Waals surface area contributed by atoms with E-state index in [0.717, 1.165) is 12.1 Å². The lowest BCUT2D eigenvalue weighted by Crippen LogP contribution is -2.62. The van der Waals surface area contributed by atoms with Gasteiger partial charge in [0.2, 0.25) is 5.91 Å². The molecule has 1 aromatic rings. The number of nitrogens with zero attached hydrogens (tertiary/aromatic N) is 1. The number of carbonyl (C=O) groups is 1. The molecule has 0 aliphatic carbocycles. The van der Waals surface area contributed by atoms with E-state index in [1.165, 1.54) is 0 Å². The summed E-state index contributed by atoms with van der Waals surface area (Å²) < 4.78 is 0. The first-order valence-corrected chi connectivity index (χ1v) is 8.83. The minimum atomic E-state index is -1.27.